The standard InChI is InChI=1S/C14H17N5O4S/c1-21-9-5-11(23-3)10(22-2)4-8(9)7-16-17-12(20)6-13-18-19-14(15)24-13/h4-5,7H,6H2,1-3H3,(H2,15,19)(H,17,20)/b16-7-. The fourth-order valence-corrected chi connectivity index (χ4v) is 2.45. The molecule has 0 aliphatic carbocycles. The van der Waals surface area contributed by atoms with Gasteiger partial charge in [-0.15, -0.1) is 10.2 Å². The molecule has 0 aliphatic heterocycles. The molecule has 0 unspecified atom stereocenters. The van der Waals surface area contributed by atoms with Crippen molar-refractivity contribution in [1.82, 2.24) is 15.6 Å². The number of nitrogen functional groups attached to an aromatic ring is 1. The average molecular weight is 351 g/mol. The van der Waals surface area contributed by atoms with E-state index in [1.54, 1.807) is 12.1 Å². The summed E-state index contributed by atoms with van der Waals surface area (Å²) >= 11 is 1.15. The van der Waals surface area contributed by atoms with E-state index < -0.39 is 0 Å². The summed E-state index contributed by atoms with van der Waals surface area (Å²) in [6.07, 6.45) is 1.50. The summed E-state index contributed by atoms with van der Waals surface area (Å²) in [5.74, 6) is 1.25. The summed E-state index contributed by atoms with van der Waals surface area (Å²) in [5, 5.41) is 12.2. The molecular formula is C14H17N5O4S. The van der Waals surface area contributed by atoms with Crippen LogP contribution in [0.1, 0.15) is 10.6 Å². The molecule has 2 aromatic rings. The first-order valence-corrected chi connectivity index (χ1v) is 7.58. The van der Waals surface area contributed by atoms with Gasteiger partial charge in [-0.1, -0.05) is 11.3 Å². The van der Waals surface area contributed by atoms with Crippen molar-refractivity contribution in [2.45, 2.75) is 6.42 Å². The highest BCUT2D eigenvalue weighted by atomic mass is 32.1. The first-order valence-electron chi connectivity index (χ1n) is 6.77. The van der Waals surface area contributed by atoms with Gasteiger partial charge in [0.15, 0.2) is 11.5 Å². The number of aromatic nitrogens is 2. The van der Waals surface area contributed by atoms with Gasteiger partial charge in [-0.05, 0) is 6.07 Å². The van der Waals surface area contributed by atoms with Crippen LogP contribution in [-0.2, 0) is 11.2 Å². The van der Waals surface area contributed by atoms with Crippen molar-refractivity contribution < 1.29 is 19.0 Å². The summed E-state index contributed by atoms with van der Waals surface area (Å²) in [4.78, 5) is 11.8. The molecular weight excluding hydrogens is 334 g/mol. The molecule has 0 atom stereocenters. The molecule has 1 aromatic carbocycles. The average Bonchev–Trinajstić information content (AvgIpc) is 2.98. The number of methoxy groups -OCH3 is 3. The van der Waals surface area contributed by atoms with Crippen LogP contribution in [0.25, 0.3) is 0 Å². The van der Waals surface area contributed by atoms with E-state index in [9.17, 15) is 4.79 Å². The number of rotatable bonds is 7. The SMILES string of the molecule is COc1cc(OC)c(OC)cc1/C=N\NC(=O)Cc1nnc(N)s1. The zero-order chi connectivity index (χ0) is 17.5. The van der Waals surface area contributed by atoms with Crippen LogP contribution in [0.4, 0.5) is 5.13 Å². The van der Waals surface area contributed by atoms with Crippen molar-refractivity contribution in [3.63, 3.8) is 0 Å². The molecule has 24 heavy (non-hydrogen) atoms. The number of anilines is 1. The van der Waals surface area contributed by atoms with Crippen LogP contribution in [0.3, 0.4) is 0 Å². The molecule has 1 heterocycles. The van der Waals surface area contributed by atoms with Crippen molar-refractivity contribution in [2.75, 3.05) is 27.1 Å². The molecule has 0 aliphatic rings. The van der Waals surface area contributed by atoms with Crippen LogP contribution < -0.4 is 25.4 Å². The van der Waals surface area contributed by atoms with Crippen molar-refractivity contribution in [3.05, 3.63) is 22.7 Å². The lowest BCUT2D eigenvalue weighted by atomic mass is 10.2. The van der Waals surface area contributed by atoms with Gasteiger partial charge < -0.3 is 19.9 Å². The molecule has 3 N–H and O–H groups in total. The molecule has 2 rings (SSSR count). The van der Waals surface area contributed by atoms with Crippen LogP contribution in [0.2, 0.25) is 0 Å². The van der Waals surface area contributed by atoms with Crippen LogP contribution in [0, 0.1) is 0 Å². The van der Waals surface area contributed by atoms with E-state index in [0.717, 1.165) is 11.3 Å². The molecule has 128 valence electrons. The Hall–Kier alpha value is -2.88. The zero-order valence-corrected chi connectivity index (χ0v) is 14.2. The monoisotopic (exact) mass is 351 g/mol. The number of carbonyl (C=O) groups is 1. The Bertz CT molecular complexity index is 747. The first kappa shape index (κ1) is 17.5. The van der Waals surface area contributed by atoms with Gasteiger partial charge in [-0.2, -0.15) is 5.10 Å². The molecule has 0 saturated carbocycles. The predicted molar refractivity (Wildman–Crippen MR) is 89.9 cm³/mol. The Kier molecular flexibility index (Phi) is 5.90. The summed E-state index contributed by atoms with van der Waals surface area (Å²) in [7, 11) is 4.59. The van der Waals surface area contributed by atoms with Gasteiger partial charge in [0.25, 0.3) is 0 Å². The van der Waals surface area contributed by atoms with Crippen LogP contribution in [0.5, 0.6) is 17.2 Å². The van der Waals surface area contributed by atoms with Crippen LogP contribution in [0.15, 0.2) is 17.2 Å². The molecule has 0 saturated heterocycles. The molecule has 0 bridgehead atoms. The van der Waals surface area contributed by atoms with E-state index in [1.807, 2.05) is 0 Å². The minimum atomic E-state index is -0.332. The maximum Gasteiger partial charge on any atom is 0.247 e. The molecule has 1 aromatic heterocycles. The van der Waals surface area contributed by atoms with Crippen molar-refractivity contribution in [3.8, 4) is 17.2 Å². The second kappa shape index (κ2) is 8.11. The van der Waals surface area contributed by atoms with E-state index in [0.29, 0.717) is 33.0 Å². The number of benzene rings is 1. The number of hydrogen-bond donors (Lipinski definition) is 2. The number of hydrogen-bond acceptors (Lipinski definition) is 9. The third-order valence-corrected chi connectivity index (χ3v) is 3.68. The van der Waals surface area contributed by atoms with Crippen molar-refractivity contribution in [2.24, 2.45) is 5.10 Å². The lowest BCUT2D eigenvalue weighted by Gasteiger charge is -2.11. The number of nitrogens with zero attached hydrogens (tertiary/aromatic N) is 3. The van der Waals surface area contributed by atoms with Gasteiger partial charge in [0, 0.05) is 11.6 Å². The lowest BCUT2D eigenvalue weighted by Crippen LogP contribution is -2.19. The number of nitrogens with one attached hydrogen (secondary N) is 1. The van der Waals surface area contributed by atoms with E-state index in [-0.39, 0.29) is 12.3 Å². The normalized spacial score (nSPS) is 10.6. The van der Waals surface area contributed by atoms with Crippen LogP contribution in [-0.4, -0.2) is 43.6 Å². The second-order valence-corrected chi connectivity index (χ2v) is 5.55. The number of amides is 1. The summed E-state index contributed by atoms with van der Waals surface area (Å²) in [5.41, 5.74) is 8.49. The maximum absolute atomic E-state index is 11.8. The highest BCUT2D eigenvalue weighted by Crippen LogP contribution is 2.33. The van der Waals surface area contributed by atoms with Crippen molar-refractivity contribution in [1.29, 1.82) is 0 Å². The van der Waals surface area contributed by atoms with Gasteiger partial charge in [0.1, 0.15) is 10.8 Å². The molecule has 0 spiro atoms. The van der Waals surface area contributed by atoms with E-state index in [1.165, 1.54) is 27.5 Å². The van der Waals surface area contributed by atoms with E-state index in [2.05, 4.69) is 20.7 Å². The number of carbonyl (C=O) groups excluding carboxylic acids is 1. The summed E-state index contributed by atoms with van der Waals surface area (Å²) in [6.45, 7) is 0. The zero-order valence-electron chi connectivity index (χ0n) is 13.4. The minimum Gasteiger partial charge on any atom is -0.496 e. The first-order chi connectivity index (χ1) is 11.6. The molecule has 0 fully saturated rings. The second-order valence-electron chi connectivity index (χ2n) is 4.45. The fraction of sp³-hybridized carbons (Fsp3) is 0.286. The third-order valence-electron chi connectivity index (χ3n) is 2.92. The highest BCUT2D eigenvalue weighted by Gasteiger charge is 2.11. The Morgan fingerprint density at radius 3 is 2.46 bits per heavy atom. The van der Waals surface area contributed by atoms with Crippen molar-refractivity contribution >= 4 is 28.6 Å². The fourth-order valence-electron chi connectivity index (χ4n) is 1.84. The molecule has 9 nitrogen and oxygen atoms in total. The van der Waals surface area contributed by atoms with Gasteiger partial charge >= 0.3 is 0 Å². The highest BCUT2D eigenvalue weighted by molar-refractivity contribution is 7.15. The number of hydrazone groups is 1. The van der Waals surface area contributed by atoms with Gasteiger partial charge in [-0.25, -0.2) is 5.43 Å². The summed E-state index contributed by atoms with van der Waals surface area (Å²) < 4.78 is 15.7. The van der Waals surface area contributed by atoms with Gasteiger partial charge in [0.2, 0.25) is 11.0 Å². The smallest absolute Gasteiger partial charge is 0.247 e. The van der Waals surface area contributed by atoms with E-state index in [4.69, 9.17) is 19.9 Å². The topological polar surface area (TPSA) is 121 Å². The third kappa shape index (κ3) is 4.32. The Morgan fingerprint density at radius 1 is 1.21 bits per heavy atom. The Morgan fingerprint density at radius 2 is 1.88 bits per heavy atom. The number of nitrogens with two attached hydrogens (primary N) is 1. The van der Waals surface area contributed by atoms with Gasteiger partial charge in [0.05, 0.1) is 34.0 Å². The quantitative estimate of drug-likeness (QED) is 0.560. The minimum absolute atomic E-state index is 0.0509. The number of ether oxygens (including phenoxy) is 3. The largest absolute Gasteiger partial charge is 0.496 e. The van der Waals surface area contributed by atoms with E-state index >= 15 is 0 Å². The van der Waals surface area contributed by atoms with Crippen LogP contribution >= 0.6 is 11.3 Å². The molecule has 1 amide bonds. The molecule has 0 radical (unpaired) electrons. The predicted octanol–water partition coefficient (Wildman–Crippen LogP) is 0.839. The lowest BCUT2D eigenvalue weighted by molar-refractivity contribution is -0.120. The Balaban J connectivity index is 2.06. The van der Waals surface area contributed by atoms with Gasteiger partial charge in [-0.3, -0.25) is 4.79 Å². The maximum atomic E-state index is 11.8. The Labute approximate surface area is 142 Å². The molecule has 10 heteroatoms. The summed E-state index contributed by atoms with van der Waals surface area (Å²) in [6, 6.07) is 3.37.